The van der Waals surface area contributed by atoms with Crippen molar-refractivity contribution in [1.29, 1.82) is 0 Å². The van der Waals surface area contributed by atoms with Crippen LogP contribution < -0.4 is 0 Å². The first-order chi connectivity index (χ1) is 32.5. The summed E-state index contributed by atoms with van der Waals surface area (Å²) in [6.45, 7) is 6.15. The number of hydrogen-bond acceptors (Lipinski definition) is 6. The van der Waals surface area contributed by atoms with Crippen LogP contribution in [0.1, 0.15) is 181 Å². The van der Waals surface area contributed by atoms with Crippen LogP contribution in [0.25, 0.3) is 0 Å². The lowest BCUT2D eigenvalue weighted by atomic mass is 10.1. The van der Waals surface area contributed by atoms with Crippen LogP contribution >= 0.6 is 0 Å². The zero-order valence-electron chi connectivity index (χ0n) is 41.6. The number of carbonyl (C=O) groups excluding carboxylic acids is 3. The molecule has 0 saturated carbocycles. The van der Waals surface area contributed by atoms with E-state index < -0.39 is 12.1 Å². The number of unbranched alkanes of at least 4 members (excludes halogenated alkanes) is 6. The molecule has 0 spiro atoms. The van der Waals surface area contributed by atoms with Gasteiger partial charge < -0.3 is 14.2 Å². The van der Waals surface area contributed by atoms with E-state index in [9.17, 15) is 14.4 Å². The summed E-state index contributed by atoms with van der Waals surface area (Å²) in [5, 5.41) is 0. The Kier molecular flexibility index (Phi) is 48.7. The number of hydrogen-bond donors (Lipinski definition) is 0. The van der Waals surface area contributed by atoms with Crippen molar-refractivity contribution < 1.29 is 28.6 Å². The van der Waals surface area contributed by atoms with E-state index in [1.54, 1.807) is 0 Å². The summed E-state index contributed by atoms with van der Waals surface area (Å²) in [6, 6.07) is 0. The van der Waals surface area contributed by atoms with Crippen molar-refractivity contribution in [2.24, 2.45) is 0 Å². The predicted molar refractivity (Wildman–Crippen MR) is 283 cm³/mol. The minimum absolute atomic E-state index is 0.138. The van der Waals surface area contributed by atoms with Crippen LogP contribution in [0.5, 0.6) is 0 Å². The molecule has 0 fully saturated rings. The van der Waals surface area contributed by atoms with E-state index >= 15 is 0 Å². The van der Waals surface area contributed by atoms with Gasteiger partial charge in [0.05, 0.1) is 0 Å². The highest BCUT2D eigenvalue weighted by atomic mass is 16.6. The van der Waals surface area contributed by atoms with Crippen molar-refractivity contribution in [3.63, 3.8) is 0 Å². The molecular formula is C60H90O6. The number of ether oxygens (including phenoxy) is 3. The molecule has 0 bridgehead atoms. The highest BCUT2D eigenvalue weighted by Crippen LogP contribution is 2.10. The first-order valence-corrected chi connectivity index (χ1v) is 25.5. The van der Waals surface area contributed by atoms with Gasteiger partial charge in [0.1, 0.15) is 13.2 Å². The Hall–Kier alpha value is -4.97. The van der Waals surface area contributed by atoms with E-state index in [1.807, 2.05) is 0 Å². The van der Waals surface area contributed by atoms with Gasteiger partial charge in [0.2, 0.25) is 0 Å². The molecule has 0 aromatic carbocycles. The summed E-state index contributed by atoms with van der Waals surface area (Å²) < 4.78 is 16.7. The Morgan fingerprint density at radius 1 is 0.303 bits per heavy atom. The van der Waals surface area contributed by atoms with Gasteiger partial charge in [-0.25, -0.2) is 0 Å². The predicted octanol–water partition coefficient (Wildman–Crippen LogP) is 17.0. The van der Waals surface area contributed by atoms with Crippen molar-refractivity contribution in [1.82, 2.24) is 0 Å². The standard InChI is InChI=1S/C60H90O6/c1-4-7-10-13-16-19-22-25-28-30-32-35-38-41-44-47-50-53-59(62)65-56-57(55-64-58(61)52-49-46-43-40-37-34-27-24-21-18-15-12-9-6-3)66-60(63)54-51-48-45-42-39-36-33-31-29-26-23-20-17-14-11-8-5-2/h7-12,16-21,25-29,32-36,41-42,44-45,57H,4-6,13-15,22-24,30-31,37-40,43,46-56H2,1-3H3/b10-7-,11-8-,12-9-,19-16-,20-17-,21-18-,28-25-,29-26-,34-27-,35-32-,36-33-,44-41-,45-42-. The maximum Gasteiger partial charge on any atom is 0.306 e. The molecular weight excluding hydrogens is 817 g/mol. The molecule has 0 aliphatic carbocycles. The lowest BCUT2D eigenvalue weighted by Crippen LogP contribution is -2.30. The van der Waals surface area contributed by atoms with Gasteiger partial charge in [-0.1, -0.05) is 192 Å². The second-order valence-electron chi connectivity index (χ2n) is 15.9. The third kappa shape index (κ3) is 50.0. The average molecular weight is 907 g/mol. The summed E-state index contributed by atoms with van der Waals surface area (Å²) >= 11 is 0. The highest BCUT2D eigenvalue weighted by Gasteiger charge is 2.19. The molecule has 1 unspecified atom stereocenters. The smallest absolute Gasteiger partial charge is 0.306 e. The first kappa shape index (κ1) is 61.0. The second-order valence-corrected chi connectivity index (χ2v) is 15.9. The van der Waals surface area contributed by atoms with E-state index in [0.29, 0.717) is 19.3 Å². The van der Waals surface area contributed by atoms with Crippen LogP contribution in [0, 0.1) is 0 Å². The summed E-state index contributed by atoms with van der Waals surface area (Å²) in [5.74, 6) is -1.09. The van der Waals surface area contributed by atoms with Crippen LogP contribution in [0.15, 0.2) is 158 Å². The van der Waals surface area contributed by atoms with E-state index in [-0.39, 0.29) is 38.0 Å². The Balaban J connectivity index is 4.65. The fourth-order valence-corrected chi connectivity index (χ4v) is 6.05. The SMILES string of the molecule is CC/C=C\C/C=C\C/C=C\C/C=C\C/C=C\CCCC(=O)OCC(COC(=O)CCCCCC/C=C\C/C=C\C/C=C\CC)OC(=O)CCC/C=C\C/C=C\C/C=C\C/C=C\C/C=C\CC. The number of rotatable bonds is 43. The molecule has 6 nitrogen and oxygen atoms in total. The maximum atomic E-state index is 12.8. The minimum atomic E-state index is -0.848. The zero-order chi connectivity index (χ0) is 47.9. The minimum Gasteiger partial charge on any atom is -0.462 e. The van der Waals surface area contributed by atoms with E-state index in [0.717, 1.165) is 128 Å². The molecule has 1 atom stereocenters. The first-order valence-electron chi connectivity index (χ1n) is 25.5. The van der Waals surface area contributed by atoms with Crippen molar-refractivity contribution in [3.8, 4) is 0 Å². The molecule has 6 heteroatoms. The van der Waals surface area contributed by atoms with Crippen LogP contribution in [0.2, 0.25) is 0 Å². The van der Waals surface area contributed by atoms with Gasteiger partial charge in [-0.15, -0.1) is 0 Å². The molecule has 0 saturated heterocycles. The average Bonchev–Trinajstić information content (AvgIpc) is 3.31. The van der Waals surface area contributed by atoms with Crippen molar-refractivity contribution in [2.45, 2.75) is 187 Å². The Bertz CT molecular complexity index is 1560. The molecule has 0 heterocycles. The zero-order valence-corrected chi connectivity index (χ0v) is 41.6. The van der Waals surface area contributed by atoms with Crippen molar-refractivity contribution in [2.75, 3.05) is 13.2 Å². The fourth-order valence-electron chi connectivity index (χ4n) is 6.05. The molecule has 0 aromatic heterocycles. The summed E-state index contributed by atoms with van der Waals surface area (Å²) in [4.78, 5) is 38.0. The molecule has 66 heavy (non-hydrogen) atoms. The Morgan fingerprint density at radius 3 is 0.894 bits per heavy atom. The van der Waals surface area contributed by atoms with Gasteiger partial charge in [0, 0.05) is 19.3 Å². The molecule has 0 aliphatic heterocycles. The monoisotopic (exact) mass is 907 g/mol. The maximum absolute atomic E-state index is 12.8. The van der Waals surface area contributed by atoms with Gasteiger partial charge in [0.15, 0.2) is 6.10 Å². The van der Waals surface area contributed by atoms with Gasteiger partial charge in [-0.3, -0.25) is 14.4 Å². The van der Waals surface area contributed by atoms with E-state index in [4.69, 9.17) is 14.2 Å². The van der Waals surface area contributed by atoms with Crippen LogP contribution in [-0.4, -0.2) is 37.2 Å². The van der Waals surface area contributed by atoms with Crippen LogP contribution in [0.4, 0.5) is 0 Å². The third-order valence-corrected chi connectivity index (χ3v) is 9.76. The molecule has 0 rings (SSSR count). The molecule has 0 aromatic rings. The topological polar surface area (TPSA) is 78.9 Å². The largest absolute Gasteiger partial charge is 0.462 e. The molecule has 0 radical (unpaired) electrons. The lowest BCUT2D eigenvalue weighted by molar-refractivity contribution is -0.167. The van der Waals surface area contributed by atoms with Crippen LogP contribution in [-0.2, 0) is 28.6 Å². The quantitative estimate of drug-likeness (QED) is 0.0262. The van der Waals surface area contributed by atoms with Gasteiger partial charge in [0.25, 0.3) is 0 Å². The van der Waals surface area contributed by atoms with Crippen LogP contribution in [0.3, 0.4) is 0 Å². The molecule has 366 valence electrons. The van der Waals surface area contributed by atoms with Crippen molar-refractivity contribution >= 4 is 17.9 Å². The lowest BCUT2D eigenvalue weighted by Gasteiger charge is -2.18. The van der Waals surface area contributed by atoms with E-state index in [2.05, 4.69) is 179 Å². The van der Waals surface area contributed by atoms with E-state index in [1.165, 1.54) is 0 Å². The number of esters is 3. The second kappa shape index (κ2) is 52.7. The number of allylic oxidation sites excluding steroid dienone is 26. The Labute approximate surface area is 403 Å². The highest BCUT2D eigenvalue weighted by molar-refractivity contribution is 5.71. The molecule has 0 amide bonds. The molecule has 0 aliphatic rings. The molecule has 0 N–H and O–H groups in total. The van der Waals surface area contributed by atoms with Gasteiger partial charge >= 0.3 is 17.9 Å². The van der Waals surface area contributed by atoms with Crippen molar-refractivity contribution in [3.05, 3.63) is 158 Å². The summed E-state index contributed by atoms with van der Waals surface area (Å²) in [6.07, 6.45) is 76.6. The fraction of sp³-hybridized carbons (Fsp3) is 0.517. The normalized spacial score (nSPS) is 13.4. The van der Waals surface area contributed by atoms with Gasteiger partial charge in [-0.05, 0) is 128 Å². The summed E-state index contributed by atoms with van der Waals surface area (Å²) in [7, 11) is 0. The third-order valence-electron chi connectivity index (χ3n) is 9.76. The van der Waals surface area contributed by atoms with Gasteiger partial charge in [-0.2, -0.15) is 0 Å². The Morgan fingerprint density at radius 2 is 0.561 bits per heavy atom. The summed E-state index contributed by atoms with van der Waals surface area (Å²) in [5.41, 5.74) is 0. The number of carbonyl (C=O) groups is 3.